The predicted molar refractivity (Wildman–Crippen MR) is 106 cm³/mol. The van der Waals surface area contributed by atoms with Crippen LogP contribution in [-0.2, 0) is 19.6 Å². The lowest BCUT2D eigenvalue weighted by Gasteiger charge is -2.09. The maximum absolute atomic E-state index is 12.0. The van der Waals surface area contributed by atoms with E-state index in [0.29, 0.717) is 19.6 Å². The number of nitrogens with one attached hydrogen (secondary N) is 2. The Labute approximate surface area is 159 Å². The van der Waals surface area contributed by atoms with Crippen LogP contribution in [0.15, 0.2) is 78.9 Å². The molecule has 27 heavy (non-hydrogen) atoms. The third kappa shape index (κ3) is 5.87. The van der Waals surface area contributed by atoms with Crippen molar-refractivity contribution in [2.24, 2.45) is 5.73 Å². The Morgan fingerprint density at radius 1 is 0.704 bits per heavy atom. The molecule has 0 heterocycles. The van der Waals surface area contributed by atoms with E-state index in [2.05, 4.69) is 10.6 Å². The minimum atomic E-state index is -0.206. The van der Waals surface area contributed by atoms with Crippen LogP contribution in [0.3, 0.4) is 0 Å². The van der Waals surface area contributed by atoms with Gasteiger partial charge in [-0.05, 0) is 41.0 Å². The van der Waals surface area contributed by atoms with Crippen LogP contribution in [-0.4, -0.2) is 6.03 Å². The highest BCUT2D eigenvalue weighted by Gasteiger charge is 2.02. The van der Waals surface area contributed by atoms with E-state index < -0.39 is 0 Å². The zero-order valence-corrected chi connectivity index (χ0v) is 15.0. The minimum Gasteiger partial charge on any atom is -0.457 e. The average molecular weight is 361 g/mol. The molecule has 0 saturated carbocycles. The van der Waals surface area contributed by atoms with Gasteiger partial charge < -0.3 is 21.1 Å². The molecule has 0 saturated heterocycles. The molecule has 0 atom stereocenters. The molecule has 0 aliphatic carbocycles. The number of urea groups is 1. The smallest absolute Gasteiger partial charge is 0.315 e. The minimum absolute atomic E-state index is 0.206. The molecule has 0 spiro atoms. The van der Waals surface area contributed by atoms with Gasteiger partial charge in [-0.3, -0.25) is 0 Å². The Kier molecular flexibility index (Phi) is 6.44. The second-order valence-corrected chi connectivity index (χ2v) is 6.12. The first kappa shape index (κ1) is 18.5. The van der Waals surface area contributed by atoms with Crippen molar-refractivity contribution in [2.75, 3.05) is 0 Å². The summed E-state index contributed by atoms with van der Waals surface area (Å²) in [4.78, 5) is 12.0. The standard InChI is InChI=1S/C22H23N3O2/c23-14-17-6-8-18(9-7-17)15-24-22(26)25-16-19-10-12-21(13-11-19)27-20-4-2-1-3-5-20/h1-13H,14-16,23H2,(H2,24,25,26). The van der Waals surface area contributed by atoms with Crippen molar-refractivity contribution in [2.45, 2.75) is 19.6 Å². The molecule has 0 fully saturated rings. The summed E-state index contributed by atoms with van der Waals surface area (Å²) in [6.07, 6.45) is 0. The molecular formula is C22H23N3O2. The lowest BCUT2D eigenvalue weighted by molar-refractivity contribution is 0.240. The van der Waals surface area contributed by atoms with Gasteiger partial charge in [0.1, 0.15) is 11.5 Å². The number of benzene rings is 3. The number of amides is 2. The summed E-state index contributed by atoms with van der Waals surface area (Å²) in [5.41, 5.74) is 8.68. The predicted octanol–water partition coefficient (Wildman–Crippen LogP) is 3.94. The summed E-state index contributed by atoms with van der Waals surface area (Å²) in [6, 6.07) is 24.9. The molecule has 2 amide bonds. The third-order valence-electron chi connectivity index (χ3n) is 4.07. The van der Waals surface area contributed by atoms with E-state index in [9.17, 15) is 4.79 Å². The van der Waals surface area contributed by atoms with Crippen molar-refractivity contribution in [3.63, 3.8) is 0 Å². The highest BCUT2D eigenvalue weighted by Crippen LogP contribution is 2.21. The van der Waals surface area contributed by atoms with Crippen LogP contribution >= 0.6 is 0 Å². The lowest BCUT2D eigenvalue weighted by Crippen LogP contribution is -2.34. The second kappa shape index (κ2) is 9.40. The molecule has 0 unspecified atom stereocenters. The molecule has 0 aliphatic heterocycles. The molecule has 3 aromatic rings. The number of carbonyl (C=O) groups is 1. The number of nitrogens with two attached hydrogens (primary N) is 1. The summed E-state index contributed by atoms with van der Waals surface area (Å²) >= 11 is 0. The van der Waals surface area contributed by atoms with Gasteiger partial charge in [0.2, 0.25) is 0 Å². The molecule has 3 rings (SSSR count). The Morgan fingerprint density at radius 2 is 1.19 bits per heavy atom. The van der Waals surface area contributed by atoms with Gasteiger partial charge in [-0.15, -0.1) is 0 Å². The van der Waals surface area contributed by atoms with E-state index in [1.54, 1.807) is 0 Å². The summed E-state index contributed by atoms with van der Waals surface area (Å²) in [6.45, 7) is 1.44. The van der Waals surface area contributed by atoms with Crippen molar-refractivity contribution in [1.29, 1.82) is 0 Å². The quantitative estimate of drug-likeness (QED) is 0.597. The Bertz CT molecular complexity index is 847. The number of hydrogen-bond donors (Lipinski definition) is 3. The van der Waals surface area contributed by atoms with Gasteiger partial charge in [0.25, 0.3) is 0 Å². The van der Waals surface area contributed by atoms with E-state index in [1.807, 2.05) is 78.9 Å². The first-order valence-electron chi connectivity index (χ1n) is 8.84. The summed E-state index contributed by atoms with van der Waals surface area (Å²) in [5.74, 6) is 1.55. The monoisotopic (exact) mass is 361 g/mol. The Morgan fingerprint density at radius 3 is 1.74 bits per heavy atom. The van der Waals surface area contributed by atoms with Gasteiger partial charge in [0.15, 0.2) is 0 Å². The van der Waals surface area contributed by atoms with Crippen molar-refractivity contribution >= 4 is 6.03 Å². The van der Waals surface area contributed by atoms with E-state index in [1.165, 1.54) is 0 Å². The van der Waals surface area contributed by atoms with Gasteiger partial charge in [0.05, 0.1) is 0 Å². The van der Waals surface area contributed by atoms with Crippen LogP contribution in [0, 0.1) is 0 Å². The highest BCUT2D eigenvalue weighted by atomic mass is 16.5. The molecule has 5 heteroatoms. The average Bonchev–Trinajstić information content (AvgIpc) is 2.73. The Hall–Kier alpha value is -3.31. The first-order chi connectivity index (χ1) is 13.2. The molecule has 0 bridgehead atoms. The molecule has 0 aliphatic rings. The zero-order valence-electron chi connectivity index (χ0n) is 15.0. The van der Waals surface area contributed by atoms with Crippen LogP contribution in [0.2, 0.25) is 0 Å². The van der Waals surface area contributed by atoms with Crippen LogP contribution in [0.1, 0.15) is 16.7 Å². The van der Waals surface area contributed by atoms with Gasteiger partial charge in [-0.1, -0.05) is 54.6 Å². The lowest BCUT2D eigenvalue weighted by atomic mass is 10.1. The van der Waals surface area contributed by atoms with E-state index in [4.69, 9.17) is 10.5 Å². The van der Waals surface area contributed by atoms with Gasteiger partial charge >= 0.3 is 6.03 Å². The van der Waals surface area contributed by atoms with Crippen molar-refractivity contribution < 1.29 is 9.53 Å². The largest absolute Gasteiger partial charge is 0.457 e. The fourth-order valence-corrected chi connectivity index (χ4v) is 2.52. The highest BCUT2D eigenvalue weighted by molar-refractivity contribution is 5.73. The fourth-order valence-electron chi connectivity index (χ4n) is 2.52. The molecule has 3 aromatic carbocycles. The fraction of sp³-hybridized carbons (Fsp3) is 0.136. The van der Waals surface area contributed by atoms with Crippen LogP contribution in [0.25, 0.3) is 0 Å². The normalized spacial score (nSPS) is 10.3. The molecule has 4 N–H and O–H groups in total. The number of ether oxygens (including phenoxy) is 1. The van der Waals surface area contributed by atoms with Crippen molar-refractivity contribution in [1.82, 2.24) is 10.6 Å². The first-order valence-corrected chi connectivity index (χ1v) is 8.84. The molecule has 138 valence electrons. The van der Waals surface area contributed by atoms with E-state index >= 15 is 0 Å². The number of rotatable bonds is 7. The van der Waals surface area contributed by atoms with Crippen molar-refractivity contribution in [3.8, 4) is 11.5 Å². The van der Waals surface area contributed by atoms with Crippen molar-refractivity contribution in [3.05, 3.63) is 95.6 Å². The molecule has 0 radical (unpaired) electrons. The number of carbonyl (C=O) groups excluding carboxylic acids is 1. The zero-order chi connectivity index (χ0) is 18.9. The SMILES string of the molecule is NCc1ccc(CNC(=O)NCc2ccc(Oc3ccccc3)cc2)cc1. The summed E-state index contributed by atoms with van der Waals surface area (Å²) in [7, 11) is 0. The summed E-state index contributed by atoms with van der Waals surface area (Å²) < 4.78 is 5.76. The summed E-state index contributed by atoms with van der Waals surface area (Å²) in [5, 5.41) is 5.69. The van der Waals surface area contributed by atoms with Gasteiger partial charge in [-0.2, -0.15) is 0 Å². The van der Waals surface area contributed by atoms with E-state index in [-0.39, 0.29) is 6.03 Å². The second-order valence-electron chi connectivity index (χ2n) is 6.12. The Balaban J connectivity index is 1.43. The van der Waals surface area contributed by atoms with Gasteiger partial charge in [-0.25, -0.2) is 4.79 Å². The maximum Gasteiger partial charge on any atom is 0.315 e. The molecular weight excluding hydrogens is 338 g/mol. The number of para-hydroxylation sites is 1. The van der Waals surface area contributed by atoms with Gasteiger partial charge in [0, 0.05) is 19.6 Å². The van der Waals surface area contributed by atoms with Crippen LogP contribution < -0.4 is 21.1 Å². The molecule has 5 nitrogen and oxygen atoms in total. The maximum atomic E-state index is 12.0. The third-order valence-corrected chi connectivity index (χ3v) is 4.07. The van der Waals surface area contributed by atoms with E-state index in [0.717, 1.165) is 28.2 Å². The van der Waals surface area contributed by atoms with Crippen LogP contribution in [0.4, 0.5) is 4.79 Å². The molecule has 0 aromatic heterocycles. The van der Waals surface area contributed by atoms with Crippen LogP contribution in [0.5, 0.6) is 11.5 Å². The topological polar surface area (TPSA) is 76.4 Å². The number of hydrogen-bond acceptors (Lipinski definition) is 3.